The second kappa shape index (κ2) is 7.57. The van der Waals surface area contributed by atoms with Crippen LogP contribution in [-0.2, 0) is 13.0 Å². The maximum atomic E-state index is 6.12. The van der Waals surface area contributed by atoms with Crippen molar-refractivity contribution in [1.29, 1.82) is 0 Å². The van der Waals surface area contributed by atoms with Crippen LogP contribution in [0, 0.1) is 0 Å². The summed E-state index contributed by atoms with van der Waals surface area (Å²) in [6.07, 6.45) is 3.71. The highest BCUT2D eigenvalue weighted by atomic mass is 79.9. The molecule has 0 radical (unpaired) electrons. The lowest BCUT2D eigenvalue weighted by Crippen LogP contribution is -2.24. The van der Waals surface area contributed by atoms with Crippen LogP contribution >= 0.6 is 15.9 Å². The molecule has 0 spiro atoms. The molecule has 0 bridgehead atoms. The Balaban J connectivity index is 2.22. The van der Waals surface area contributed by atoms with Crippen LogP contribution < -0.4 is 10.6 Å². The van der Waals surface area contributed by atoms with E-state index in [1.165, 1.54) is 11.3 Å². The van der Waals surface area contributed by atoms with E-state index < -0.39 is 0 Å². The van der Waals surface area contributed by atoms with E-state index >= 15 is 0 Å². The summed E-state index contributed by atoms with van der Waals surface area (Å²) in [5.41, 5.74) is 9.67. The zero-order valence-electron chi connectivity index (χ0n) is 12.6. The molecule has 1 heterocycles. The first-order valence-electron chi connectivity index (χ1n) is 7.25. The molecular weight excluding hydrogens is 326 g/mol. The molecule has 0 saturated heterocycles. The highest BCUT2D eigenvalue weighted by Gasteiger charge is 2.12. The summed E-state index contributed by atoms with van der Waals surface area (Å²) in [7, 11) is 2.09. The topological polar surface area (TPSA) is 42.1 Å². The fourth-order valence-corrected chi connectivity index (χ4v) is 2.66. The van der Waals surface area contributed by atoms with Gasteiger partial charge in [-0.2, -0.15) is 0 Å². The number of nitrogens with two attached hydrogens (primary N) is 1. The number of hydrogen-bond acceptors (Lipinski definition) is 3. The van der Waals surface area contributed by atoms with Crippen LogP contribution in [0.3, 0.4) is 0 Å². The number of hydrogen-bond donors (Lipinski definition) is 1. The lowest BCUT2D eigenvalue weighted by atomic mass is 10.0. The van der Waals surface area contributed by atoms with Crippen LogP contribution in [0.1, 0.15) is 24.6 Å². The first kappa shape index (κ1) is 16.0. The second-order valence-electron chi connectivity index (χ2n) is 5.32. The molecule has 2 aromatic rings. The van der Waals surface area contributed by atoms with Crippen LogP contribution in [0.15, 0.2) is 47.1 Å². The first-order valence-corrected chi connectivity index (χ1v) is 8.04. The van der Waals surface area contributed by atoms with Gasteiger partial charge in [0.2, 0.25) is 0 Å². The van der Waals surface area contributed by atoms with E-state index in [1.807, 2.05) is 24.4 Å². The normalized spacial score (nSPS) is 12.2. The monoisotopic (exact) mass is 347 g/mol. The SMILES string of the molecule is CCC(N)Cc1ccc(Br)cc1N(C)Cc1ccccn1. The molecule has 1 atom stereocenters. The second-order valence-corrected chi connectivity index (χ2v) is 6.24. The third kappa shape index (κ3) is 4.55. The lowest BCUT2D eigenvalue weighted by molar-refractivity contribution is 0.645. The third-order valence-electron chi connectivity index (χ3n) is 3.59. The zero-order valence-corrected chi connectivity index (χ0v) is 14.2. The molecule has 2 N–H and O–H groups in total. The smallest absolute Gasteiger partial charge is 0.0598 e. The van der Waals surface area contributed by atoms with Crippen molar-refractivity contribution >= 4 is 21.6 Å². The van der Waals surface area contributed by atoms with E-state index in [-0.39, 0.29) is 6.04 Å². The van der Waals surface area contributed by atoms with E-state index in [4.69, 9.17) is 5.73 Å². The standard InChI is InChI=1S/C17H22BrN3/c1-3-15(19)10-13-7-8-14(18)11-17(13)21(2)12-16-6-4-5-9-20-16/h4-9,11,15H,3,10,12,19H2,1-2H3. The Hall–Kier alpha value is -1.39. The molecule has 0 amide bonds. The summed E-state index contributed by atoms with van der Waals surface area (Å²) in [6, 6.07) is 12.6. The molecule has 1 aromatic carbocycles. The fraction of sp³-hybridized carbons (Fsp3) is 0.353. The van der Waals surface area contributed by atoms with E-state index in [0.29, 0.717) is 0 Å². The molecule has 0 aliphatic rings. The van der Waals surface area contributed by atoms with Crippen molar-refractivity contribution in [1.82, 2.24) is 4.98 Å². The van der Waals surface area contributed by atoms with Gasteiger partial charge in [-0.25, -0.2) is 0 Å². The zero-order chi connectivity index (χ0) is 15.2. The van der Waals surface area contributed by atoms with Gasteiger partial charge in [-0.05, 0) is 42.7 Å². The number of rotatable bonds is 6. The van der Waals surface area contributed by atoms with Crippen molar-refractivity contribution in [2.24, 2.45) is 5.73 Å². The lowest BCUT2D eigenvalue weighted by Gasteiger charge is -2.23. The fourth-order valence-electron chi connectivity index (χ4n) is 2.31. The van der Waals surface area contributed by atoms with E-state index in [9.17, 15) is 0 Å². The van der Waals surface area contributed by atoms with Gasteiger partial charge < -0.3 is 10.6 Å². The van der Waals surface area contributed by atoms with Gasteiger partial charge in [-0.15, -0.1) is 0 Å². The van der Waals surface area contributed by atoms with E-state index in [0.717, 1.165) is 29.6 Å². The van der Waals surface area contributed by atoms with Crippen molar-refractivity contribution in [3.63, 3.8) is 0 Å². The van der Waals surface area contributed by atoms with Crippen molar-refractivity contribution < 1.29 is 0 Å². The van der Waals surface area contributed by atoms with Crippen molar-refractivity contribution in [3.8, 4) is 0 Å². The number of anilines is 1. The summed E-state index contributed by atoms with van der Waals surface area (Å²) in [4.78, 5) is 6.62. The molecule has 0 aliphatic heterocycles. The first-order chi connectivity index (χ1) is 10.1. The molecule has 0 saturated carbocycles. The Labute approximate surface area is 135 Å². The minimum Gasteiger partial charge on any atom is -0.368 e. The average Bonchev–Trinajstić information content (AvgIpc) is 2.49. The van der Waals surface area contributed by atoms with E-state index in [2.05, 4.69) is 58.0 Å². The van der Waals surface area contributed by atoms with Gasteiger partial charge in [0.25, 0.3) is 0 Å². The Morgan fingerprint density at radius 2 is 2.10 bits per heavy atom. The third-order valence-corrected chi connectivity index (χ3v) is 4.08. The maximum absolute atomic E-state index is 6.12. The molecule has 2 rings (SSSR count). The summed E-state index contributed by atoms with van der Waals surface area (Å²) >= 11 is 3.56. The molecule has 3 nitrogen and oxygen atoms in total. The van der Waals surface area contributed by atoms with Crippen LogP contribution in [0.25, 0.3) is 0 Å². The van der Waals surface area contributed by atoms with Crippen LogP contribution in [0.5, 0.6) is 0 Å². The highest BCUT2D eigenvalue weighted by Crippen LogP contribution is 2.26. The Kier molecular flexibility index (Phi) is 5.76. The van der Waals surface area contributed by atoms with Gasteiger partial charge in [0.15, 0.2) is 0 Å². The van der Waals surface area contributed by atoms with Gasteiger partial charge in [-0.3, -0.25) is 4.98 Å². The number of aromatic nitrogens is 1. The number of nitrogens with zero attached hydrogens (tertiary/aromatic N) is 2. The minimum atomic E-state index is 0.202. The highest BCUT2D eigenvalue weighted by molar-refractivity contribution is 9.10. The summed E-state index contributed by atoms with van der Waals surface area (Å²) < 4.78 is 1.08. The molecule has 21 heavy (non-hydrogen) atoms. The quantitative estimate of drug-likeness (QED) is 0.864. The molecule has 0 aliphatic carbocycles. The number of pyridine rings is 1. The minimum absolute atomic E-state index is 0.202. The Morgan fingerprint density at radius 3 is 2.76 bits per heavy atom. The number of benzene rings is 1. The molecule has 112 valence electrons. The summed E-state index contributed by atoms with van der Waals surface area (Å²) in [5, 5.41) is 0. The van der Waals surface area contributed by atoms with Gasteiger partial charge in [0.1, 0.15) is 0 Å². The Morgan fingerprint density at radius 1 is 1.29 bits per heavy atom. The van der Waals surface area contributed by atoms with Crippen molar-refractivity contribution in [3.05, 3.63) is 58.3 Å². The largest absolute Gasteiger partial charge is 0.368 e. The van der Waals surface area contributed by atoms with Gasteiger partial charge in [-0.1, -0.05) is 35.0 Å². The molecule has 1 unspecified atom stereocenters. The van der Waals surface area contributed by atoms with Gasteiger partial charge in [0.05, 0.1) is 12.2 Å². The Bertz CT molecular complexity index is 572. The molecular formula is C17H22BrN3. The van der Waals surface area contributed by atoms with Crippen LogP contribution in [0.4, 0.5) is 5.69 Å². The predicted molar refractivity (Wildman–Crippen MR) is 92.5 cm³/mol. The molecule has 4 heteroatoms. The molecule has 1 aromatic heterocycles. The van der Waals surface area contributed by atoms with Crippen molar-refractivity contribution in [2.75, 3.05) is 11.9 Å². The summed E-state index contributed by atoms with van der Waals surface area (Å²) in [5.74, 6) is 0. The molecule has 0 fully saturated rings. The van der Waals surface area contributed by atoms with Gasteiger partial charge >= 0.3 is 0 Å². The van der Waals surface area contributed by atoms with E-state index in [1.54, 1.807) is 0 Å². The average molecular weight is 348 g/mol. The maximum Gasteiger partial charge on any atom is 0.0598 e. The van der Waals surface area contributed by atoms with Gasteiger partial charge in [0, 0.05) is 29.4 Å². The summed E-state index contributed by atoms with van der Waals surface area (Å²) in [6.45, 7) is 2.91. The predicted octanol–water partition coefficient (Wildman–Crippen LogP) is 3.76. The van der Waals surface area contributed by atoms with Crippen LogP contribution in [0.2, 0.25) is 0 Å². The van der Waals surface area contributed by atoms with Crippen LogP contribution in [-0.4, -0.2) is 18.1 Å². The number of halogens is 1. The van der Waals surface area contributed by atoms with Crippen molar-refractivity contribution in [2.45, 2.75) is 32.4 Å².